The molecule has 0 atom stereocenters. The SMILES string of the molecule is Cc1cc(C)nc(Sc2nc(Cl)nc3[nH]ncc23)c1. The standard InChI is InChI=1S/C12H10ClN5S/c1-6-3-7(2)15-9(4-6)19-11-8-5-14-18-10(8)16-12(13)17-11/h3-5H,1-2H3,(H,14,16,17,18). The predicted octanol–water partition coefficient (Wildman–Crippen LogP) is 3.17. The van der Waals surface area contributed by atoms with Gasteiger partial charge in [-0.25, -0.2) is 9.97 Å². The predicted molar refractivity (Wildman–Crippen MR) is 74.5 cm³/mol. The maximum atomic E-state index is 5.91. The number of rotatable bonds is 2. The molecular formula is C12H10ClN5S. The van der Waals surface area contributed by atoms with Gasteiger partial charge >= 0.3 is 0 Å². The van der Waals surface area contributed by atoms with Crippen molar-refractivity contribution in [1.82, 2.24) is 25.1 Å². The topological polar surface area (TPSA) is 67.3 Å². The van der Waals surface area contributed by atoms with Crippen molar-refractivity contribution >= 4 is 34.4 Å². The van der Waals surface area contributed by atoms with Gasteiger partial charge in [0.15, 0.2) is 5.65 Å². The Morgan fingerprint density at radius 3 is 2.79 bits per heavy atom. The molecule has 5 nitrogen and oxygen atoms in total. The highest BCUT2D eigenvalue weighted by Crippen LogP contribution is 2.31. The van der Waals surface area contributed by atoms with Gasteiger partial charge < -0.3 is 0 Å². The van der Waals surface area contributed by atoms with E-state index in [1.54, 1.807) is 6.20 Å². The van der Waals surface area contributed by atoms with Crippen molar-refractivity contribution in [3.63, 3.8) is 0 Å². The lowest BCUT2D eigenvalue weighted by molar-refractivity contribution is 1.03. The molecule has 0 aliphatic carbocycles. The average molecular weight is 292 g/mol. The number of nitrogens with zero attached hydrogens (tertiary/aromatic N) is 4. The number of H-pyrrole nitrogens is 1. The average Bonchev–Trinajstić information content (AvgIpc) is 2.75. The fourth-order valence-corrected chi connectivity index (χ4v) is 3.06. The van der Waals surface area contributed by atoms with E-state index in [4.69, 9.17) is 11.6 Å². The van der Waals surface area contributed by atoms with E-state index in [-0.39, 0.29) is 5.28 Å². The number of fused-ring (bicyclic) bond motifs is 1. The Hall–Kier alpha value is -1.66. The summed E-state index contributed by atoms with van der Waals surface area (Å²) < 4.78 is 0. The van der Waals surface area contributed by atoms with E-state index in [2.05, 4.69) is 25.1 Å². The zero-order valence-corrected chi connectivity index (χ0v) is 11.9. The Labute approximate surface area is 118 Å². The summed E-state index contributed by atoms with van der Waals surface area (Å²) in [6, 6.07) is 4.05. The molecule has 0 aromatic carbocycles. The van der Waals surface area contributed by atoms with Crippen LogP contribution < -0.4 is 0 Å². The van der Waals surface area contributed by atoms with Crippen LogP contribution in [-0.2, 0) is 0 Å². The highest BCUT2D eigenvalue weighted by Gasteiger charge is 2.11. The molecule has 1 N–H and O–H groups in total. The number of pyridine rings is 1. The molecule has 0 saturated carbocycles. The molecule has 3 rings (SSSR count). The lowest BCUT2D eigenvalue weighted by Crippen LogP contribution is -1.91. The Morgan fingerprint density at radius 2 is 2.00 bits per heavy atom. The molecule has 3 aromatic rings. The van der Waals surface area contributed by atoms with Crippen LogP contribution in [0.3, 0.4) is 0 Å². The largest absolute Gasteiger partial charge is 0.261 e. The summed E-state index contributed by atoms with van der Waals surface area (Å²) in [6.07, 6.45) is 1.69. The first-order chi connectivity index (χ1) is 9.11. The van der Waals surface area contributed by atoms with E-state index in [9.17, 15) is 0 Å². The molecule has 0 unspecified atom stereocenters. The minimum absolute atomic E-state index is 0.198. The molecule has 3 aromatic heterocycles. The summed E-state index contributed by atoms with van der Waals surface area (Å²) in [5, 5.41) is 9.43. The van der Waals surface area contributed by atoms with Crippen LogP contribution in [0.15, 0.2) is 28.4 Å². The second-order valence-electron chi connectivity index (χ2n) is 4.16. The molecule has 0 spiro atoms. The van der Waals surface area contributed by atoms with Crippen LogP contribution in [0.5, 0.6) is 0 Å². The Morgan fingerprint density at radius 1 is 1.16 bits per heavy atom. The third-order valence-corrected chi connectivity index (χ3v) is 3.61. The maximum Gasteiger partial charge on any atom is 0.225 e. The summed E-state index contributed by atoms with van der Waals surface area (Å²) in [7, 11) is 0. The van der Waals surface area contributed by atoms with Gasteiger partial charge in [0.05, 0.1) is 11.6 Å². The quantitative estimate of drug-likeness (QED) is 0.580. The lowest BCUT2D eigenvalue weighted by Gasteiger charge is -2.04. The highest BCUT2D eigenvalue weighted by molar-refractivity contribution is 7.99. The van der Waals surface area contributed by atoms with E-state index >= 15 is 0 Å². The van der Waals surface area contributed by atoms with Crippen molar-refractivity contribution in [1.29, 1.82) is 0 Å². The minimum atomic E-state index is 0.198. The number of aryl methyl sites for hydroxylation is 2. The van der Waals surface area contributed by atoms with Gasteiger partial charge in [0.25, 0.3) is 0 Å². The Balaban J connectivity index is 2.07. The van der Waals surface area contributed by atoms with Crippen molar-refractivity contribution in [2.24, 2.45) is 0 Å². The molecule has 96 valence electrons. The zero-order valence-electron chi connectivity index (χ0n) is 10.3. The summed E-state index contributed by atoms with van der Waals surface area (Å²) in [5.41, 5.74) is 2.77. The number of aromatic amines is 1. The number of hydrogen-bond acceptors (Lipinski definition) is 5. The summed E-state index contributed by atoms with van der Waals surface area (Å²) in [6.45, 7) is 4.01. The Bertz CT molecular complexity index is 735. The third-order valence-electron chi connectivity index (χ3n) is 2.52. The molecular weight excluding hydrogens is 282 g/mol. The fourth-order valence-electron chi connectivity index (χ4n) is 1.82. The van der Waals surface area contributed by atoms with Crippen molar-refractivity contribution in [2.45, 2.75) is 23.9 Å². The van der Waals surface area contributed by atoms with Crippen LogP contribution >= 0.6 is 23.4 Å². The van der Waals surface area contributed by atoms with Gasteiger partial charge in [0.1, 0.15) is 10.1 Å². The van der Waals surface area contributed by atoms with Crippen LogP contribution in [0.1, 0.15) is 11.3 Å². The second kappa shape index (κ2) is 4.79. The summed E-state index contributed by atoms with van der Waals surface area (Å²) in [4.78, 5) is 12.8. The monoisotopic (exact) mass is 291 g/mol. The molecule has 3 heterocycles. The summed E-state index contributed by atoms with van der Waals surface area (Å²) >= 11 is 7.36. The highest BCUT2D eigenvalue weighted by atomic mass is 35.5. The minimum Gasteiger partial charge on any atom is -0.261 e. The fraction of sp³-hybridized carbons (Fsp3) is 0.167. The van der Waals surface area contributed by atoms with Crippen LogP contribution in [-0.4, -0.2) is 25.1 Å². The van der Waals surface area contributed by atoms with Crippen LogP contribution in [0.2, 0.25) is 5.28 Å². The van der Waals surface area contributed by atoms with Crippen LogP contribution in [0, 0.1) is 13.8 Å². The molecule has 0 saturated heterocycles. The molecule has 0 bridgehead atoms. The van der Waals surface area contributed by atoms with Gasteiger partial charge in [0.2, 0.25) is 5.28 Å². The molecule has 0 amide bonds. The lowest BCUT2D eigenvalue weighted by atomic mass is 10.3. The van der Waals surface area contributed by atoms with Crippen LogP contribution in [0.25, 0.3) is 11.0 Å². The number of halogens is 1. The Kier molecular flexibility index (Phi) is 3.12. The molecule has 0 aliphatic rings. The molecule has 0 radical (unpaired) electrons. The van der Waals surface area contributed by atoms with Crippen LogP contribution in [0.4, 0.5) is 0 Å². The third kappa shape index (κ3) is 2.54. The van der Waals surface area contributed by atoms with E-state index < -0.39 is 0 Å². The van der Waals surface area contributed by atoms with Gasteiger partial charge in [0, 0.05) is 5.69 Å². The second-order valence-corrected chi connectivity index (χ2v) is 5.50. The smallest absolute Gasteiger partial charge is 0.225 e. The first-order valence-electron chi connectivity index (χ1n) is 5.61. The molecule has 19 heavy (non-hydrogen) atoms. The van der Waals surface area contributed by atoms with Crippen molar-refractivity contribution in [3.05, 3.63) is 34.9 Å². The van der Waals surface area contributed by atoms with Crippen molar-refractivity contribution in [3.8, 4) is 0 Å². The summed E-state index contributed by atoms with van der Waals surface area (Å²) in [5.74, 6) is 0. The normalized spacial score (nSPS) is 11.1. The van der Waals surface area contributed by atoms with E-state index in [1.807, 2.05) is 26.0 Å². The van der Waals surface area contributed by atoms with Crippen molar-refractivity contribution in [2.75, 3.05) is 0 Å². The van der Waals surface area contributed by atoms with Gasteiger partial charge in [-0.05, 0) is 54.9 Å². The van der Waals surface area contributed by atoms with Crippen molar-refractivity contribution < 1.29 is 0 Å². The van der Waals surface area contributed by atoms with Gasteiger partial charge in [-0.2, -0.15) is 10.1 Å². The van der Waals surface area contributed by atoms with Gasteiger partial charge in [-0.15, -0.1) is 0 Å². The van der Waals surface area contributed by atoms with Gasteiger partial charge in [-0.1, -0.05) is 0 Å². The van der Waals surface area contributed by atoms with Gasteiger partial charge in [-0.3, -0.25) is 5.10 Å². The van der Waals surface area contributed by atoms with E-state index in [0.29, 0.717) is 5.65 Å². The van der Waals surface area contributed by atoms with E-state index in [0.717, 1.165) is 21.1 Å². The number of aromatic nitrogens is 5. The first-order valence-corrected chi connectivity index (χ1v) is 6.81. The molecule has 7 heteroatoms. The zero-order chi connectivity index (χ0) is 13.4. The number of hydrogen-bond donors (Lipinski definition) is 1. The first kappa shape index (κ1) is 12.4. The maximum absolute atomic E-state index is 5.91. The number of nitrogens with one attached hydrogen (secondary N) is 1. The van der Waals surface area contributed by atoms with E-state index in [1.165, 1.54) is 17.3 Å². The molecule has 0 aliphatic heterocycles. The molecule has 0 fully saturated rings.